The second-order valence-electron chi connectivity index (χ2n) is 6.48. The second kappa shape index (κ2) is 8.64. The van der Waals surface area contributed by atoms with Crippen molar-refractivity contribution < 1.29 is 9.53 Å². The summed E-state index contributed by atoms with van der Waals surface area (Å²) in [6, 6.07) is 20.0. The van der Waals surface area contributed by atoms with Crippen LogP contribution < -0.4 is 9.64 Å². The van der Waals surface area contributed by atoms with E-state index >= 15 is 0 Å². The number of amides is 1. The van der Waals surface area contributed by atoms with Crippen LogP contribution in [0, 0.1) is 0 Å². The van der Waals surface area contributed by atoms with Crippen molar-refractivity contribution >= 4 is 62.6 Å². The maximum Gasteiger partial charge on any atom is 0.282 e. The molecule has 0 aliphatic carbocycles. The van der Waals surface area contributed by atoms with Crippen LogP contribution in [0.4, 0.5) is 5.69 Å². The van der Waals surface area contributed by atoms with Gasteiger partial charge < -0.3 is 4.74 Å². The van der Waals surface area contributed by atoms with Gasteiger partial charge in [-0.25, -0.2) is 4.99 Å². The van der Waals surface area contributed by atoms with Gasteiger partial charge in [0.1, 0.15) is 17.3 Å². The van der Waals surface area contributed by atoms with Crippen LogP contribution >= 0.6 is 39.1 Å². The third-order valence-corrected chi connectivity index (χ3v) is 5.59. The number of anilines is 1. The van der Waals surface area contributed by atoms with E-state index in [-0.39, 0.29) is 11.6 Å². The third kappa shape index (κ3) is 4.15. The molecule has 0 aromatic heterocycles. The molecule has 7 heteroatoms. The van der Waals surface area contributed by atoms with Crippen molar-refractivity contribution in [2.24, 2.45) is 4.99 Å². The summed E-state index contributed by atoms with van der Waals surface area (Å²) in [5.41, 5.74) is 2.44. The Morgan fingerprint density at radius 3 is 2.47 bits per heavy atom. The van der Waals surface area contributed by atoms with Gasteiger partial charge in [0, 0.05) is 20.1 Å². The highest BCUT2D eigenvalue weighted by atomic mass is 79.9. The molecule has 4 nitrogen and oxygen atoms in total. The molecule has 0 saturated carbocycles. The van der Waals surface area contributed by atoms with E-state index in [0.29, 0.717) is 27.1 Å². The molecule has 0 unspecified atom stereocenters. The quantitative estimate of drug-likeness (QED) is 0.378. The fourth-order valence-corrected chi connectivity index (χ4v) is 3.92. The van der Waals surface area contributed by atoms with Crippen LogP contribution in [0.25, 0.3) is 6.08 Å². The van der Waals surface area contributed by atoms with Crippen LogP contribution in [0.1, 0.15) is 11.1 Å². The van der Waals surface area contributed by atoms with Gasteiger partial charge in [-0.15, -0.1) is 0 Å². The van der Waals surface area contributed by atoms with Crippen LogP contribution in [-0.2, 0) is 4.79 Å². The first kappa shape index (κ1) is 20.7. The molecule has 1 amide bonds. The first-order chi connectivity index (χ1) is 14.5. The Kier molecular flexibility index (Phi) is 5.95. The molecule has 1 aliphatic rings. The number of nitrogens with zero attached hydrogens (tertiary/aromatic N) is 2. The summed E-state index contributed by atoms with van der Waals surface area (Å²) in [4.78, 5) is 19.6. The van der Waals surface area contributed by atoms with Crippen molar-refractivity contribution in [3.63, 3.8) is 0 Å². The van der Waals surface area contributed by atoms with Crippen LogP contribution in [0.15, 0.2) is 81.9 Å². The van der Waals surface area contributed by atoms with Gasteiger partial charge in [0.15, 0.2) is 0 Å². The summed E-state index contributed by atoms with van der Waals surface area (Å²) in [5.74, 6) is 1.00. The highest BCUT2D eigenvalue weighted by molar-refractivity contribution is 9.10. The van der Waals surface area contributed by atoms with Crippen molar-refractivity contribution in [3.8, 4) is 5.75 Å². The Bertz CT molecular complexity index is 1190. The van der Waals surface area contributed by atoms with E-state index in [1.54, 1.807) is 36.3 Å². The normalized spacial score (nSPS) is 14.9. The van der Waals surface area contributed by atoms with Gasteiger partial charge in [0.2, 0.25) is 0 Å². The van der Waals surface area contributed by atoms with Gasteiger partial charge in [-0.3, -0.25) is 9.69 Å². The average molecular weight is 502 g/mol. The molecule has 0 bridgehead atoms. The molecular formula is C23H15BrCl2N2O2. The molecule has 3 aromatic carbocycles. The van der Waals surface area contributed by atoms with Gasteiger partial charge in [-0.1, -0.05) is 51.3 Å². The zero-order valence-corrected chi connectivity index (χ0v) is 18.9. The molecule has 0 saturated heterocycles. The Hall–Kier alpha value is -2.60. The Morgan fingerprint density at radius 1 is 1.03 bits per heavy atom. The van der Waals surface area contributed by atoms with Gasteiger partial charge in [0.25, 0.3) is 5.91 Å². The Balaban J connectivity index is 1.83. The van der Waals surface area contributed by atoms with E-state index in [4.69, 9.17) is 27.9 Å². The molecule has 0 fully saturated rings. The number of hydrogen-bond acceptors (Lipinski definition) is 3. The number of hydrogen-bond donors (Lipinski definition) is 0. The monoisotopic (exact) mass is 500 g/mol. The number of rotatable bonds is 4. The highest BCUT2D eigenvalue weighted by Gasteiger charge is 2.32. The molecule has 4 rings (SSSR count). The number of ether oxygens (including phenoxy) is 1. The molecule has 1 aliphatic heterocycles. The summed E-state index contributed by atoms with van der Waals surface area (Å²) in [6.07, 6.45) is 1.67. The SMILES string of the molecule is COc1ccc(C2=N/C(=C/c3ccc(Cl)cc3Cl)C(=O)N2c2cccc(Br)c2)cc1. The number of carbonyl (C=O) groups is 1. The molecule has 0 spiro atoms. The summed E-state index contributed by atoms with van der Waals surface area (Å²) in [7, 11) is 1.61. The molecule has 3 aromatic rings. The van der Waals surface area contributed by atoms with Gasteiger partial charge >= 0.3 is 0 Å². The lowest BCUT2D eigenvalue weighted by molar-refractivity contribution is -0.113. The van der Waals surface area contributed by atoms with Gasteiger partial charge in [0.05, 0.1) is 12.8 Å². The Labute approximate surface area is 192 Å². The molecule has 0 radical (unpaired) electrons. The smallest absolute Gasteiger partial charge is 0.282 e. The highest BCUT2D eigenvalue weighted by Crippen LogP contribution is 2.31. The molecule has 30 heavy (non-hydrogen) atoms. The molecule has 1 heterocycles. The van der Waals surface area contributed by atoms with Crippen molar-refractivity contribution in [2.75, 3.05) is 12.0 Å². The number of benzene rings is 3. The Morgan fingerprint density at radius 2 is 1.80 bits per heavy atom. The number of methoxy groups -OCH3 is 1. The van der Waals surface area contributed by atoms with Gasteiger partial charge in [-0.2, -0.15) is 0 Å². The minimum atomic E-state index is -0.245. The third-order valence-electron chi connectivity index (χ3n) is 4.53. The number of amidine groups is 1. The van der Waals surface area contributed by atoms with Gasteiger partial charge in [-0.05, 0) is 66.2 Å². The molecule has 0 atom stereocenters. The maximum atomic E-state index is 13.3. The van der Waals surface area contributed by atoms with E-state index in [9.17, 15) is 4.79 Å². The van der Waals surface area contributed by atoms with E-state index in [1.165, 1.54) is 0 Å². The minimum absolute atomic E-state index is 0.245. The first-order valence-corrected chi connectivity index (χ1v) is 10.5. The van der Waals surface area contributed by atoms with E-state index < -0.39 is 0 Å². The fraction of sp³-hybridized carbons (Fsp3) is 0.0435. The summed E-state index contributed by atoms with van der Waals surface area (Å²) < 4.78 is 6.10. The summed E-state index contributed by atoms with van der Waals surface area (Å²) >= 11 is 15.8. The van der Waals surface area contributed by atoms with Crippen LogP contribution in [0.2, 0.25) is 10.0 Å². The maximum absolute atomic E-state index is 13.3. The van der Waals surface area contributed by atoms with Crippen LogP contribution in [0.5, 0.6) is 5.75 Å². The number of aliphatic imine (C=N–C) groups is 1. The molecular weight excluding hydrogens is 487 g/mol. The molecule has 0 N–H and O–H groups in total. The lowest BCUT2D eigenvalue weighted by Gasteiger charge is -2.19. The summed E-state index contributed by atoms with van der Waals surface area (Å²) in [6.45, 7) is 0. The zero-order chi connectivity index (χ0) is 21.3. The van der Waals surface area contributed by atoms with E-state index in [1.807, 2.05) is 48.5 Å². The van der Waals surface area contributed by atoms with E-state index in [0.717, 1.165) is 15.8 Å². The minimum Gasteiger partial charge on any atom is -0.497 e. The average Bonchev–Trinajstić information content (AvgIpc) is 3.06. The summed E-state index contributed by atoms with van der Waals surface area (Å²) in [5, 5.41) is 0.975. The first-order valence-electron chi connectivity index (χ1n) is 8.96. The predicted molar refractivity (Wildman–Crippen MR) is 126 cm³/mol. The fourth-order valence-electron chi connectivity index (χ4n) is 3.07. The van der Waals surface area contributed by atoms with Crippen molar-refractivity contribution in [1.29, 1.82) is 0 Å². The zero-order valence-electron chi connectivity index (χ0n) is 15.8. The lowest BCUT2D eigenvalue weighted by Crippen LogP contribution is -2.32. The van der Waals surface area contributed by atoms with E-state index in [2.05, 4.69) is 20.9 Å². The second-order valence-corrected chi connectivity index (χ2v) is 8.24. The largest absolute Gasteiger partial charge is 0.497 e. The van der Waals surface area contributed by atoms with Crippen LogP contribution in [-0.4, -0.2) is 18.9 Å². The number of carbonyl (C=O) groups excluding carboxylic acids is 1. The molecule has 150 valence electrons. The number of halogens is 3. The van der Waals surface area contributed by atoms with Crippen molar-refractivity contribution in [3.05, 3.63) is 98.1 Å². The topological polar surface area (TPSA) is 41.9 Å². The standard InChI is InChI=1S/C23H15BrCl2N2O2/c1-30-19-9-6-14(7-10-19)22-27-21(11-15-5-8-17(25)13-20(15)26)23(29)28(22)18-4-2-3-16(24)12-18/h2-13H,1H3/b21-11+. The van der Waals surface area contributed by atoms with Crippen molar-refractivity contribution in [1.82, 2.24) is 0 Å². The van der Waals surface area contributed by atoms with Crippen molar-refractivity contribution in [2.45, 2.75) is 0 Å². The van der Waals surface area contributed by atoms with Crippen LogP contribution in [0.3, 0.4) is 0 Å². The predicted octanol–water partition coefficient (Wildman–Crippen LogP) is 6.60. The lowest BCUT2D eigenvalue weighted by atomic mass is 10.1.